The van der Waals surface area contributed by atoms with E-state index in [1.807, 2.05) is 24.4 Å². The lowest BCUT2D eigenvalue weighted by molar-refractivity contribution is -0.137. The Hall–Kier alpha value is -1.49. The topological polar surface area (TPSA) is 12.0 Å². The second kappa shape index (κ2) is 5.65. The third kappa shape index (κ3) is 3.50. The summed E-state index contributed by atoms with van der Waals surface area (Å²) in [5.41, 5.74) is -0.131. The monoisotopic (exact) mass is 285 g/mol. The number of nitrogens with one attached hydrogen (secondary N) is 1. The summed E-state index contributed by atoms with van der Waals surface area (Å²) in [6.45, 7) is 2.00. The van der Waals surface area contributed by atoms with Crippen LogP contribution in [0, 0.1) is 0 Å². The van der Waals surface area contributed by atoms with E-state index in [9.17, 15) is 13.2 Å². The maximum atomic E-state index is 12.6. The van der Waals surface area contributed by atoms with Gasteiger partial charge in [0.15, 0.2) is 0 Å². The van der Waals surface area contributed by atoms with Gasteiger partial charge in [0.2, 0.25) is 0 Å². The number of benzene rings is 1. The molecule has 2 aromatic rings. The minimum atomic E-state index is -4.30. The number of halogens is 3. The lowest BCUT2D eigenvalue weighted by Gasteiger charge is -2.18. The fraction of sp³-hybridized carbons (Fsp3) is 0.286. The van der Waals surface area contributed by atoms with Gasteiger partial charge in [-0.3, -0.25) is 0 Å². The molecule has 5 heteroatoms. The van der Waals surface area contributed by atoms with Crippen LogP contribution >= 0.6 is 11.3 Å². The molecular weight excluding hydrogens is 271 g/mol. The number of hydrogen-bond donors (Lipinski definition) is 1. The number of anilines is 1. The van der Waals surface area contributed by atoms with Crippen molar-refractivity contribution in [2.75, 3.05) is 5.32 Å². The molecule has 0 amide bonds. The van der Waals surface area contributed by atoms with E-state index in [-0.39, 0.29) is 6.04 Å². The molecule has 0 aliphatic heterocycles. The smallest absolute Gasteiger partial charge is 0.377 e. The fourth-order valence-corrected chi connectivity index (χ4v) is 2.71. The van der Waals surface area contributed by atoms with Gasteiger partial charge in [-0.1, -0.05) is 19.1 Å². The van der Waals surface area contributed by atoms with Crippen molar-refractivity contribution in [3.63, 3.8) is 0 Å². The zero-order valence-electron chi connectivity index (χ0n) is 10.4. The minimum Gasteiger partial charge on any atom is -0.377 e. The summed E-state index contributed by atoms with van der Waals surface area (Å²) >= 11 is 1.60. The maximum absolute atomic E-state index is 12.6. The van der Waals surface area contributed by atoms with Crippen molar-refractivity contribution in [3.05, 3.63) is 52.2 Å². The van der Waals surface area contributed by atoms with Crippen molar-refractivity contribution in [2.45, 2.75) is 25.6 Å². The molecular formula is C14H14F3NS. The quantitative estimate of drug-likeness (QED) is 0.800. The lowest BCUT2D eigenvalue weighted by Crippen LogP contribution is -2.10. The Bertz CT molecular complexity index is 520. The third-order valence-corrected chi connectivity index (χ3v) is 3.81. The van der Waals surface area contributed by atoms with Gasteiger partial charge in [-0.15, -0.1) is 11.3 Å². The fourth-order valence-electron chi connectivity index (χ4n) is 1.85. The Labute approximate surface area is 114 Å². The van der Waals surface area contributed by atoms with Crippen LogP contribution in [0.3, 0.4) is 0 Å². The average Bonchev–Trinajstić information content (AvgIpc) is 2.89. The maximum Gasteiger partial charge on any atom is 0.416 e. The zero-order chi connectivity index (χ0) is 13.9. The van der Waals surface area contributed by atoms with E-state index < -0.39 is 11.7 Å². The molecule has 1 nitrogen and oxygen atoms in total. The van der Waals surface area contributed by atoms with Gasteiger partial charge in [-0.2, -0.15) is 13.2 Å². The number of hydrogen-bond acceptors (Lipinski definition) is 2. The summed E-state index contributed by atoms with van der Waals surface area (Å²) in [6.07, 6.45) is -3.49. The predicted molar refractivity (Wildman–Crippen MR) is 72.4 cm³/mol. The van der Waals surface area contributed by atoms with E-state index in [0.29, 0.717) is 5.69 Å². The zero-order valence-corrected chi connectivity index (χ0v) is 11.2. The van der Waals surface area contributed by atoms with E-state index in [2.05, 4.69) is 5.32 Å². The first kappa shape index (κ1) is 13.9. The molecule has 0 aliphatic carbocycles. The first-order valence-corrected chi connectivity index (χ1v) is 6.86. The van der Waals surface area contributed by atoms with Crippen molar-refractivity contribution < 1.29 is 13.2 Å². The van der Waals surface area contributed by atoms with Gasteiger partial charge >= 0.3 is 6.18 Å². The van der Waals surface area contributed by atoms with Gasteiger partial charge in [0.25, 0.3) is 0 Å². The summed E-state index contributed by atoms with van der Waals surface area (Å²) in [7, 11) is 0. The normalized spacial score (nSPS) is 13.3. The highest BCUT2D eigenvalue weighted by Crippen LogP contribution is 2.32. The van der Waals surface area contributed by atoms with Crippen molar-refractivity contribution in [1.82, 2.24) is 0 Å². The second-order valence-corrected chi connectivity index (χ2v) is 5.18. The van der Waals surface area contributed by atoms with Crippen LogP contribution in [0.15, 0.2) is 41.8 Å². The van der Waals surface area contributed by atoms with E-state index in [1.54, 1.807) is 17.4 Å². The lowest BCUT2D eigenvalue weighted by atomic mass is 10.1. The van der Waals surface area contributed by atoms with Gasteiger partial charge in [-0.25, -0.2) is 0 Å². The summed E-state index contributed by atoms with van der Waals surface area (Å²) < 4.78 is 37.9. The number of alkyl halides is 3. The van der Waals surface area contributed by atoms with Crippen molar-refractivity contribution in [3.8, 4) is 0 Å². The molecule has 0 fully saturated rings. The SMILES string of the molecule is CCC(Nc1cccc(C(F)(F)F)c1)c1cccs1. The standard InChI is InChI=1S/C14H14F3NS/c1-2-12(13-7-4-8-19-13)18-11-6-3-5-10(9-11)14(15,16)17/h3-9,12,18H,2H2,1H3. The molecule has 1 atom stereocenters. The van der Waals surface area contributed by atoms with Crippen molar-refractivity contribution in [1.29, 1.82) is 0 Å². The average molecular weight is 285 g/mol. The molecule has 1 aromatic heterocycles. The molecule has 102 valence electrons. The Morgan fingerprint density at radius 1 is 1.21 bits per heavy atom. The highest BCUT2D eigenvalue weighted by atomic mass is 32.1. The highest BCUT2D eigenvalue weighted by molar-refractivity contribution is 7.10. The summed E-state index contributed by atoms with van der Waals surface area (Å²) in [5, 5.41) is 5.12. The molecule has 0 bridgehead atoms. The van der Waals surface area contributed by atoms with Gasteiger partial charge in [0.1, 0.15) is 0 Å². The molecule has 1 N–H and O–H groups in total. The van der Waals surface area contributed by atoms with Crippen LogP contribution in [-0.2, 0) is 6.18 Å². The van der Waals surface area contributed by atoms with E-state index >= 15 is 0 Å². The predicted octanol–water partition coefficient (Wildman–Crippen LogP) is 5.33. The molecule has 1 aromatic carbocycles. The second-order valence-electron chi connectivity index (χ2n) is 4.20. The summed E-state index contributed by atoms with van der Waals surface area (Å²) in [6, 6.07) is 9.28. The number of thiophene rings is 1. The molecule has 0 saturated carbocycles. The van der Waals surface area contributed by atoms with Crippen LogP contribution in [0.1, 0.15) is 29.8 Å². The van der Waals surface area contributed by atoms with Gasteiger partial charge < -0.3 is 5.32 Å². The van der Waals surface area contributed by atoms with Crippen LogP contribution < -0.4 is 5.32 Å². The molecule has 0 aliphatic rings. The van der Waals surface area contributed by atoms with Crippen LogP contribution in [0.5, 0.6) is 0 Å². The molecule has 1 unspecified atom stereocenters. The summed E-state index contributed by atoms with van der Waals surface area (Å²) in [4.78, 5) is 1.12. The summed E-state index contributed by atoms with van der Waals surface area (Å²) in [5.74, 6) is 0. The largest absolute Gasteiger partial charge is 0.416 e. The molecule has 0 radical (unpaired) electrons. The van der Waals surface area contributed by atoms with E-state index in [4.69, 9.17) is 0 Å². The molecule has 0 spiro atoms. The van der Waals surface area contributed by atoms with Crippen LogP contribution in [0.4, 0.5) is 18.9 Å². The Morgan fingerprint density at radius 3 is 2.58 bits per heavy atom. The van der Waals surface area contributed by atoms with E-state index in [1.165, 1.54) is 6.07 Å². The highest BCUT2D eigenvalue weighted by Gasteiger charge is 2.30. The Kier molecular flexibility index (Phi) is 4.14. The van der Waals surface area contributed by atoms with Crippen LogP contribution in [-0.4, -0.2) is 0 Å². The Morgan fingerprint density at radius 2 is 2.00 bits per heavy atom. The number of rotatable bonds is 4. The Balaban J connectivity index is 2.19. The first-order valence-electron chi connectivity index (χ1n) is 5.98. The molecule has 0 saturated heterocycles. The van der Waals surface area contributed by atoms with Gasteiger partial charge in [0.05, 0.1) is 11.6 Å². The molecule has 1 heterocycles. The van der Waals surface area contributed by atoms with Gasteiger partial charge in [0, 0.05) is 10.6 Å². The van der Waals surface area contributed by atoms with Crippen LogP contribution in [0.2, 0.25) is 0 Å². The van der Waals surface area contributed by atoms with Gasteiger partial charge in [-0.05, 0) is 36.1 Å². The van der Waals surface area contributed by atoms with Crippen molar-refractivity contribution >= 4 is 17.0 Å². The minimum absolute atomic E-state index is 0.0449. The van der Waals surface area contributed by atoms with E-state index in [0.717, 1.165) is 23.4 Å². The third-order valence-electron chi connectivity index (χ3n) is 2.83. The molecule has 19 heavy (non-hydrogen) atoms. The van der Waals surface area contributed by atoms with Crippen LogP contribution in [0.25, 0.3) is 0 Å². The first-order chi connectivity index (χ1) is 9.00. The molecule has 2 rings (SSSR count). The van der Waals surface area contributed by atoms with Crippen molar-refractivity contribution in [2.24, 2.45) is 0 Å².